The van der Waals surface area contributed by atoms with E-state index in [0.717, 1.165) is 30.8 Å². The number of rotatable bonds is 7. The van der Waals surface area contributed by atoms with Gasteiger partial charge in [0.1, 0.15) is 11.6 Å². The third-order valence-corrected chi connectivity index (χ3v) is 3.44. The van der Waals surface area contributed by atoms with E-state index in [0.29, 0.717) is 18.2 Å². The van der Waals surface area contributed by atoms with Crippen LogP contribution in [0.1, 0.15) is 44.1 Å². The van der Waals surface area contributed by atoms with Crippen molar-refractivity contribution in [2.45, 2.75) is 52.7 Å². The van der Waals surface area contributed by atoms with Crippen molar-refractivity contribution in [3.8, 4) is 0 Å². The molecular weight excluding hydrogens is 265 g/mol. The molecule has 0 saturated carbocycles. The van der Waals surface area contributed by atoms with Gasteiger partial charge in [0.05, 0.1) is 6.54 Å². The van der Waals surface area contributed by atoms with Gasteiger partial charge in [0, 0.05) is 37.0 Å². The Morgan fingerprint density at radius 1 is 1.33 bits per heavy atom. The Kier molecular flexibility index (Phi) is 5.51. The third-order valence-electron chi connectivity index (χ3n) is 3.44. The van der Waals surface area contributed by atoms with Crippen LogP contribution in [0.2, 0.25) is 0 Å². The third kappa shape index (κ3) is 4.39. The predicted octanol–water partition coefficient (Wildman–Crippen LogP) is 3.52. The van der Waals surface area contributed by atoms with E-state index in [-0.39, 0.29) is 5.82 Å². The fraction of sp³-hybridized carbons (Fsp3) is 0.471. The van der Waals surface area contributed by atoms with E-state index in [1.54, 1.807) is 12.3 Å². The molecule has 0 atom stereocenters. The molecule has 0 bridgehead atoms. The molecule has 0 unspecified atom stereocenters. The van der Waals surface area contributed by atoms with Crippen molar-refractivity contribution in [2.24, 2.45) is 0 Å². The van der Waals surface area contributed by atoms with Crippen LogP contribution in [0.3, 0.4) is 0 Å². The lowest BCUT2D eigenvalue weighted by atomic mass is 10.1. The van der Waals surface area contributed by atoms with Crippen molar-refractivity contribution in [1.29, 1.82) is 0 Å². The molecule has 0 aliphatic carbocycles. The van der Waals surface area contributed by atoms with E-state index in [4.69, 9.17) is 0 Å². The summed E-state index contributed by atoms with van der Waals surface area (Å²) in [4.78, 5) is 4.34. The molecule has 3 nitrogen and oxygen atoms in total. The molecule has 0 amide bonds. The van der Waals surface area contributed by atoms with Crippen LogP contribution in [0.25, 0.3) is 0 Å². The molecule has 0 aliphatic rings. The topological polar surface area (TPSA) is 29.9 Å². The van der Waals surface area contributed by atoms with E-state index < -0.39 is 0 Å². The van der Waals surface area contributed by atoms with Gasteiger partial charge in [-0.15, -0.1) is 0 Å². The maximum Gasteiger partial charge on any atom is 0.128 e. The smallest absolute Gasteiger partial charge is 0.128 e. The van der Waals surface area contributed by atoms with Gasteiger partial charge < -0.3 is 9.88 Å². The van der Waals surface area contributed by atoms with Crippen LogP contribution in [-0.2, 0) is 19.5 Å². The van der Waals surface area contributed by atoms with Crippen LogP contribution in [-0.4, -0.2) is 15.6 Å². The molecule has 1 aromatic carbocycles. The lowest BCUT2D eigenvalue weighted by molar-refractivity contribution is 0.577. The first kappa shape index (κ1) is 15.7. The zero-order chi connectivity index (χ0) is 15.2. The summed E-state index contributed by atoms with van der Waals surface area (Å²) in [7, 11) is 0. The Bertz CT molecular complexity index is 575. The van der Waals surface area contributed by atoms with Crippen LogP contribution >= 0.6 is 0 Å². The summed E-state index contributed by atoms with van der Waals surface area (Å²) in [6, 6.07) is 5.77. The molecule has 21 heavy (non-hydrogen) atoms. The van der Waals surface area contributed by atoms with Crippen molar-refractivity contribution >= 4 is 0 Å². The molecule has 0 radical (unpaired) electrons. The number of halogens is 1. The summed E-state index contributed by atoms with van der Waals surface area (Å²) in [5.41, 5.74) is 1.82. The first-order valence-electron chi connectivity index (χ1n) is 7.60. The summed E-state index contributed by atoms with van der Waals surface area (Å²) in [6.45, 7) is 7.63. The molecule has 0 spiro atoms. The average molecular weight is 289 g/mol. The minimum absolute atomic E-state index is 0.153. The number of nitrogens with zero attached hydrogens (tertiary/aromatic N) is 2. The fourth-order valence-electron chi connectivity index (χ4n) is 2.30. The standard InChI is InChI=1S/C17H24FN3/c1-4-5-17-19-8-9-21(17)12-15-10-14(6-7-16(15)18)11-20-13(2)3/h6-10,13,20H,4-5,11-12H2,1-3H3. The van der Waals surface area contributed by atoms with Gasteiger partial charge in [0.25, 0.3) is 0 Å². The lowest BCUT2D eigenvalue weighted by Crippen LogP contribution is -2.22. The number of hydrogen-bond acceptors (Lipinski definition) is 2. The Balaban J connectivity index is 2.14. The number of aromatic nitrogens is 2. The molecule has 2 aromatic rings. The van der Waals surface area contributed by atoms with Crippen LogP contribution in [0, 0.1) is 5.82 Å². The second kappa shape index (κ2) is 7.36. The highest BCUT2D eigenvalue weighted by Crippen LogP contribution is 2.14. The summed E-state index contributed by atoms with van der Waals surface area (Å²) >= 11 is 0. The van der Waals surface area contributed by atoms with E-state index in [1.165, 1.54) is 0 Å². The molecular formula is C17H24FN3. The Morgan fingerprint density at radius 3 is 2.86 bits per heavy atom. The number of aryl methyl sites for hydroxylation is 1. The van der Waals surface area contributed by atoms with Gasteiger partial charge >= 0.3 is 0 Å². The predicted molar refractivity (Wildman–Crippen MR) is 83.7 cm³/mol. The summed E-state index contributed by atoms with van der Waals surface area (Å²) < 4.78 is 16.1. The molecule has 1 N–H and O–H groups in total. The monoisotopic (exact) mass is 289 g/mol. The second-order valence-electron chi connectivity index (χ2n) is 5.68. The summed E-state index contributed by atoms with van der Waals surface area (Å²) in [5.74, 6) is 0.863. The van der Waals surface area contributed by atoms with Crippen molar-refractivity contribution in [1.82, 2.24) is 14.9 Å². The first-order chi connectivity index (χ1) is 10.1. The highest BCUT2D eigenvalue weighted by molar-refractivity contribution is 5.25. The number of nitrogens with one attached hydrogen (secondary N) is 1. The van der Waals surface area contributed by atoms with Crippen LogP contribution in [0.15, 0.2) is 30.6 Å². The Hall–Kier alpha value is -1.68. The molecule has 2 rings (SSSR count). The highest BCUT2D eigenvalue weighted by Gasteiger charge is 2.08. The molecule has 1 heterocycles. The van der Waals surface area contributed by atoms with Crippen LogP contribution in [0.5, 0.6) is 0 Å². The van der Waals surface area contributed by atoms with Gasteiger partial charge in [0.15, 0.2) is 0 Å². The van der Waals surface area contributed by atoms with Gasteiger partial charge in [-0.1, -0.05) is 26.8 Å². The second-order valence-corrected chi connectivity index (χ2v) is 5.68. The zero-order valence-electron chi connectivity index (χ0n) is 13.1. The highest BCUT2D eigenvalue weighted by atomic mass is 19.1. The fourth-order valence-corrected chi connectivity index (χ4v) is 2.30. The molecule has 114 valence electrons. The van der Waals surface area contributed by atoms with Gasteiger partial charge in [-0.05, 0) is 24.1 Å². The van der Waals surface area contributed by atoms with Crippen LogP contribution < -0.4 is 5.32 Å². The minimum Gasteiger partial charge on any atom is -0.330 e. The average Bonchev–Trinajstić information content (AvgIpc) is 2.87. The minimum atomic E-state index is -0.153. The molecule has 0 aliphatic heterocycles. The number of benzene rings is 1. The lowest BCUT2D eigenvalue weighted by Gasteiger charge is -2.12. The SMILES string of the molecule is CCCc1nccn1Cc1cc(CNC(C)C)ccc1F. The van der Waals surface area contributed by atoms with Crippen molar-refractivity contribution in [2.75, 3.05) is 0 Å². The van der Waals surface area contributed by atoms with Gasteiger partial charge in [-0.2, -0.15) is 0 Å². The maximum atomic E-state index is 14.0. The molecule has 1 aromatic heterocycles. The van der Waals surface area contributed by atoms with Gasteiger partial charge in [0.2, 0.25) is 0 Å². The molecule has 0 fully saturated rings. The Morgan fingerprint density at radius 2 is 2.14 bits per heavy atom. The quantitative estimate of drug-likeness (QED) is 0.845. The van der Waals surface area contributed by atoms with Crippen LogP contribution in [0.4, 0.5) is 4.39 Å². The van der Waals surface area contributed by atoms with Crippen molar-refractivity contribution < 1.29 is 4.39 Å². The summed E-state index contributed by atoms with van der Waals surface area (Å²) in [5, 5.41) is 3.36. The van der Waals surface area contributed by atoms with E-state index in [9.17, 15) is 4.39 Å². The molecule has 0 saturated heterocycles. The normalized spacial score (nSPS) is 11.3. The van der Waals surface area contributed by atoms with Gasteiger partial charge in [-0.3, -0.25) is 0 Å². The van der Waals surface area contributed by atoms with E-state index in [2.05, 4.69) is 31.1 Å². The van der Waals surface area contributed by atoms with E-state index in [1.807, 2.05) is 22.9 Å². The number of imidazole rings is 1. The van der Waals surface area contributed by atoms with E-state index >= 15 is 0 Å². The molecule has 4 heteroatoms. The maximum absolute atomic E-state index is 14.0. The first-order valence-corrected chi connectivity index (χ1v) is 7.60. The van der Waals surface area contributed by atoms with Gasteiger partial charge in [-0.25, -0.2) is 9.37 Å². The largest absolute Gasteiger partial charge is 0.330 e. The Labute approximate surface area is 126 Å². The number of hydrogen-bond donors (Lipinski definition) is 1. The zero-order valence-corrected chi connectivity index (χ0v) is 13.1. The summed E-state index contributed by atoms with van der Waals surface area (Å²) in [6.07, 6.45) is 5.66. The van der Waals surface area contributed by atoms with Crippen molar-refractivity contribution in [3.63, 3.8) is 0 Å². The van der Waals surface area contributed by atoms with Crippen molar-refractivity contribution in [3.05, 3.63) is 53.4 Å².